The first-order valence-electron chi connectivity index (χ1n) is 6.78. The van der Waals surface area contributed by atoms with Crippen molar-refractivity contribution in [1.29, 1.82) is 0 Å². The van der Waals surface area contributed by atoms with Crippen molar-refractivity contribution in [2.45, 2.75) is 19.9 Å². The second-order valence-corrected chi connectivity index (χ2v) is 5.87. The van der Waals surface area contributed by atoms with Crippen LogP contribution < -0.4 is 10.1 Å². The van der Waals surface area contributed by atoms with Crippen molar-refractivity contribution in [2.75, 3.05) is 12.4 Å². The predicted octanol–water partition coefficient (Wildman–Crippen LogP) is 4.18. The highest BCUT2D eigenvalue weighted by atomic mass is 32.1. The molecular weight excluding hydrogens is 282 g/mol. The van der Waals surface area contributed by atoms with Crippen LogP contribution in [0, 0.1) is 6.92 Å². The summed E-state index contributed by atoms with van der Waals surface area (Å²) in [6.45, 7) is 4.19. The van der Waals surface area contributed by atoms with Gasteiger partial charge in [0, 0.05) is 5.56 Å². The van der Waals surface area contributed by atoms with Gasteiger partial charge in [0.1, 0.15) is 22.7 Å². The molecule has 0 unspecified atom stereocenters. The number of hydrogen-bond acceptors (Lipinski definition) is 5. The quantitative estimate of drug-likeness (QED) is 0.785. The normalized spacial score (nSPS) is 12.3. The number of anilines is 1. The summed E-state index contributed by atoms with van der Waals surface area (Å²) >= 11 is 1.62. The monoisotopic (exact) mass is 299 g/mol. The Kier molecular flexibility index (Phi) is 3.75. The summed E-state index contributed by atoms with van der Waals surface area (Å²) < 4.78 is 5.46. The van der Waals surface area contributed by atoms with Crippen LogP contribution >= 0.6 is 11.3 Å². The van der Waals surface area contributed by atoms with Gasteiger partial charge in [0.05, 0.1) is 18.5 Å². The maximum Gasteiger partial charge on any atom is 0.138 e. The lowest BCUT2D eigenvalue weighted by Gasteiger charge is -2.18. The number of ether oxygens (including phenoxy) is 1. The van der Waals surface area contributed by atoms with E-state index in [2.05, 4.69) is 41.3 Å². The second kappa shape index (κ2) is 5.69. The Morgan fingerprint density at radius 1 is 1.24 bits per heavy atom. The molecule has 1 N–H and O–H groups in total. The summed E-state index contributed by atoms with van der Waals surface area (Å²) in [4.78, 5) is 9.63. The van der Waals surface area contributed by atoms with E-state index in [1.54, 1.807) is 24.8 Å². The lowest BCUT2D eigenvalue weighted by molar-refractivity contribution is 0.408. The van der Waals surface area contributed by atoms with Gasteiger partial charge in [-0.3, -0.25) is 0 Å². The zero-order valence-corrected chi connectivity index (χ0v) is 13.1. The fourth-order valence-corrected chi connectivity index (χ4v) is 3.11. The Morgan fingerprint density at radius 3 is 2.90 bits per heavy atom. The molecule has 0 aliphatic carbocycles. The van der Waals surface area contributed by atoms with Gasteiger partial charge in [-0.15, -0.1) is 11.3 Å². The number of nitrogens with zero attached hydrogens (tertiary/aromatic N) is 2. The van der Waals surface area contributed by atoms with Gasteiger partial charge in [-0.2, -0.15) is 0 Å². The topological polar surface area (TPSA) is 47.0 Å². The van der Waals surface area contributed by atoms with Crippen LogP contribution in [-0.4, -0.2) is 17.1 Å². The third-order valence-corrected chi connectivity index (χ3v) is 4.29. The van der Waals surface area contributed by atoms with Crippen molar-refractivity contribution < 1.29 is 4.74 Å². The number of aryl methyl sites for hydroxylation is 1. The lowest BCUT2D eigenvalue weighted by atomic mass is 10.0. The fourth-order valence-electron chi connectivity index (χ4n) is 2.38. The van der Waals surface area contributed by atoms with Crippen LogP contribution in [0.4, 0.5) is 5.82 Å². The van der Waals surface area contributed by atoms with Crippen LogP contribution in [0.3, 0.4) is 0 Å². The third kappa shape index (κ3) is 2.69. The van der Waals surface area contributed by atoms with E-state index >= 15 is 0 Å². The maximum atomic E-state index is 5.46. The molecular formula is C16H17N3OS. The molecule has 1 atom stereocenters. The van der Waals surface area contributed by atoms with Crippen LogP contribution in [0.5, 0.6) is 5.75 Å². The molecule has 2 heterocycles. The summed E-state index contributed by atoms with van der Waals surface area (Å²) in [6.07, 6.45) is 1.60. The molecule has 0 radical (unpaired) electrons. The summed E-state index contributed by atoms with van der Waals surface area (Å²) in [6, 6.07) is 8.34. The largest absolute Gasteiger partial charge is 0.496 e. The number of methoxy groups -OCH3 is 1. The predicted molar refractivity (Wildman–Crippen MR) is 87.2 cm³/mol. The zero-order chi connectivity index (χ0) is 14.8. The van der Waals surface area contributed by atoms with E-state index in [-0.39, 0.29) is 6.04 Å². The number of benzene rings is 1. The van der Waals surface area contributed by atoms with Gasteiger partial charge in [-0.1, -0.05) is 17.7 Å². The van der Waals surface area contributed by atoms with E-state index in [1.807, 2.05) is 17.5 Å². The van der Waals surface area contributed by atoms with Gasteiger partial charge in [-0.25, -0.2) is 9.97 Å². The average molecular weight is 299 g/mol. The number of thiophene rings is 1. The number of aromatic nitrogens is 2. The molecule has 0 aliphatic rings. The van der Waals surface area contributed by atoms with Crippen molar-refractivity contribution in [1.82, 2.24) is 9.97 Å². The Morgan fingerprint density at radius 2 is 2.10 bits per heavy atom. The molecule has 3 aromatic rings. The number of rotatable bonds is 4. The minimum atomic E-state index is 0.0952. The van der Waals surface area contributed by atoms with Crippen LogP contribution in [0.15, 0.2) is 36.0 Å². The van der Waals surface area contributed by atoms with Crippen molar-refractivity contribution in [2.24, 2.45) is 0 Å². The van der Waals surface area contributed by atoms with Crippen LogP contribution in [0.25, 0.3) is 10.2 Å². The molecule has 2 aromatic heterocycles. The number of fused-ring (bicyclic) bond motifs is 1. The van der Waals surface area contributed by atoms with E-state index in [1.165, 1.54) is 5.56 Å². The van der Waals surface area contributed by atoms with Gasteiger partial charge in [0.2, 0.25) is 0 Å². The van der Waals surface area contributed by atoms with Gasteiger partial charge < -0.3 is 10.1 Å². The van der Waals surface area contributed by atoms with Crippen LogP contribution in [0.1, 0.15) is 24.1 Å². The van der Waals surface area contributed by atoms with Crippen molar-refractivity contribution in [3.05, 3.63) is 47.1 Å². The molecule has 5 heteroatoms. The highest BCUT2D eigenvalue weighted by molar-refractivity contribution is 7.16. The van der Waals surface area contributed by atoms with Gasteiger partial charge in [0.15, 0.2) is 0 Å². The molecule has 0 bridgehead atoms. The molecule has 4 nitrogen and oxygen atoms in total. The smallest absolute Gasteiger partial charge is 0.138 e. The molecule has 0 aliphatic heterocycles. The molecule has 1 aromatic carbocycles. The summed E-state index contributed by atoms with van der Waals surface area (Å²) in [5.41, 5.74) is 2.34. The molecule has 0 amide bonds. The summed E-state index contributed by atoms with van der Waals surface area (Å²) in [7, 11) is 1.70. The van der Waals surface area contributed by atoms with Crippen molar-refractivity contribution >= 4 is 27.4 Å². The maximum absolute atomic E-state index is 5.46. The fraction of sp³-hybridized carbons (Fsp3) is 0.250. The Labute approximate surface area is 127 Å². The summed E-state index contributed by atoms with van der Waals surface area (Å²) in [5.74, 6) is 1.74. The molecule has 0 saturated heterocycles. The highest BCUT2D eigenvalue weighted by Crippen LogP contribution is 2.31. The molecule has 0 fully saturated rings. The standard InChI is InChI=1S/C16H17N3OS/c1-10-4-5-14(20-3)13(8-10)11(2)19-15-12-6-7-21-16(12)18-9-17-15/h4-9,11H,1-3H3,(H,17,18,19)/t11-/m0/s1. The van der Waals surface area contributed by atoms with E-state index in [4.69, 9.17) is 4.74 Å². The average Bonchev–Trinajstić information content (AvgIpc) is 2.96. The SMILES string of the molecule is COc1ccc(C)cc1[C@H](C)Nc1ncnc2sccc12. The van der Waals surface area contributed by atoms with Gasteiger partial charge in [0.25, 0.3) is 0 Å². The molecule has 3 rings (SSSR count). The number of nitrogens with one attached hydrogen (secondary N) is 1. The van der Waals surface area contributed by atoms with Gasteiger partial charge >= 0.3 is 0 Å². The van der Waals surface area contributed by atoms with E-state index in [9.17, 15) is 0 Å². The molecule has 21 heavy (non-hydrogen) atoms. The summed E-state index contributed by atoms with van der Waals surface area (Å²) in [5, 5.41) is 6.55. The highest BCUT2D eigenvalue weighted by Gasteiger charge is 2.14. The van der Waals surface area contributed by atoms with Crippen molar-refractivity contribution in [3.63, 3.8) is 0 Å². The third-order valence-electron chi connectivity index (χ3n) is 3.47. The Hall–Kier alpha value is -2.14. The zero-order valence-electron chi connectivity index (χ0n) is 12.3. The van der Waals surface area contributed by atoms with E-state index < -0.39 is 0 Å². The van der Waals surface area contributed by atoms with Crippen molar-refractivity contribution in [3.8, 4) is 5.75 Å². The lowest BCUT2D eigenvalue weighted by Crippen LogP contribution is -2.10. The first kappa shape index (κ1) is 13.8. The Bertz CT molecular complexity index is 769. The van der Waals surface area contributed by atoms with Crippen LogP contribution in [0.2, 0.25) is 0 Å². The first-order valence-corrected chi connectivity index (χ1v) is 7.66. The molecule has 108 valence electrons. The molecule has 0 spiro atoms. The van der Waals surface area contributed by atoms with Gasteiger partial charge in [-0.05, 0) is 31.4 Å². The van der Waals surface area contributed by atoms with Crippen LogP contribution in [-0.2, 0) is 0 Å². The Balaban J connectivity index is 1.94. The van der Waals surface area contributed by atoms with E-state index in [0.717, 1.165) is 27.3 Å². The molecule has 0 saturated carbocycles. The number of hydrogen-bond donors (Lipinski definition) is 1. The minimum Gasteiger partial charge on any atom is -0.496 e. The first-order chi connectivity index (χ1) is 10.2. The minimum absolute atomic E-state index is 0.0952. The van der Waals surface area contributed by atoms with E-state index in [0.29, 0.717) is 0 Å². The second-order valence-electron chi connectivity index (χ2n) is 4.97.